The van der Waals surface area contributed by atoms with Gasteiger partial charge in [-0.3, -0.25) is 0 Å². The van der Waals surface area contributed by atoms with Crippen LogP contribution in [0.4, 0.5) is 15.8 Å². The van der Waals surface area contributed by atoms with Crippen molar-refractivity contribution in [3.63, 3.8) is 0 Å². The van der Waals surface area contributed by atoms with Crippen LogP contribution >= 0.6 is 0 Å². The van der Waals surface area contributed by atoms with Crippen molar-refractivity contribution in [3.05, 3.63) is 24.0 Å². The molecule has 1 aliphatic rings. The number of hydrogen-bond donors (Lipinski definition) is 2. The van der Waals surface area contributed by atoms with Crippen LogP contribution in [0.2, 0.25) is 0 Å². The van der Waals surface area contributed by atoms with Crippen molar-refractivity contribution in [1.82, 2.24) is 4.90 Å². The summed E-state index contributed by atoms with van der Waals surface area (Å²) < 4.78 is 13.0. The van der Waals surface area contributed by atoms with E-state index in [-0.39, 0.29) is 11.4 Å². The maximum atomic E-state index is 13.0. The molecule has 0 atom stereocenters. The first kappa shape index (κ1) is 13.1. The zero-order chi connectivity index (χ0) is 13.2. The molecule has 0 amide bonds. The Morgan fingerprint density at radius 2 is 2.00 bits per heavy atom. The molecule has 1 saturated carbocycles. The Balaban J connectivity index is 2.06. The molecular weight excluding hydrogens is 229 g/mol. The lowest BCUT2D eigenvalue weighted by Gasteiger charge is -2.37. The standard InChI is InChI=1S/C14H22FN3/c1-18(2)14(7-3-4-8-14)10-17-13-6-5-11(15)9-12(13)16/h5-6,9,17H,3-4,7-8,10,16H2,1-2H3. The van der Waals surface area contributed by atoms with E-state index < -0.39 is 0 Å². The lowest BCUT2D eigenvalue weighted by molar-refractivity contribution is 0.172. The van der Waals surface area contributed by atoms with Gasteiger partial charge in [-0.25, -0.2) is 4.39 Å². The van der Waals surface area contributed by atoms with Gasteiger partial charge in [0.1, 0.15) is 5.82 Å². The van der Waals surface area contributed by atoms with Gasteiger partial charge >= 0.3 is 0 Å². The zero-order valence-corrected chi connectivity index (χ0v) is 11.2. The summed E-state index contributed by atoms with van der Waals surface area (Å²) in [6.07, 6.45) is 4.96. The van der Waals surface area contributed by atoms with Crippen LogP contribution in [0.1, 0.15) is 25.7 Å². The first-order valence-corrected chi connectivity index (χ1v) is 6.50. The van der Waals surface area contributed by atoms with Crippen LogP contribution in [0.15, 0.2) is 18.2 Å². The number of rotatable bonds is 4. The second-order valence-electron chi connectivity index (χ2n) is 5.41. The van der Waals surface area contributed by atoms with E-state index >= 15 is 0 Å². The van der Waals surface area contributed by atoms with Crippen molar-refractivity contribution in [1.29, 1.82) is 0 Å². The number of likely N-dealkylation sites (N-methyl/N-ethyl adjacent to an activating group) is 1. The van der Waals surface area contributed by atoms with E-state index in [1.165, 1.54) is 37.8 Å². The molecule has 3 N–H and O–H groups in total. The molecular formula is C14H22FN3. The number of benzene rings is 1. The van der Waals surface area contributed by atoms with Gasteiger partial charge in [0.25, 0.3) is 0 Å². The van der Waals surface area contributed by atoms with Crippen LogP contribution in [0.5, 0.6) is 0 Å². The Morgan fingerprint density at radius 1 is 1.33 bits per heavy atom. The van der Waals surface area contributed by atoms with Crippen LogP contribution in [0, 0.1) is 5.82 Å². The van der Waals surface area contributed by atoms with Crippen molar-refractivity contribution in [2.75, 3.05) is 31.7 Å². The molecule has 0 aromatic heterocycles. The SMILES string of the molecule is CN(C)C1(CNc2ccc(F)cc2N)CCCC1. The summed E-state index contributed by atoms with van der Waals surface area (Å²) in [5, 5.41) is 3.37. The Hall–Kier alpha value is -1.29. The van der Waals surface area contributed by atoms with Crippen LogP contribution in [-0.2, 0) is 0 Å². The third-order valence-electron chi connectivity index (χ3n) is 4.10. The number of nitrogen functional groups attached to an aromatic ring is 1. The molecule has 0 aliphatic heterocycles. The Labute approximate surface area is 108 Å². The maximum absolute atomic E-state index is 13.0. The number of nitrogens with two attached hydrogens (primary N) is 1. The maximum Gasteiger partial charge on any atom is 0.125 e. The second-order valence-corrected chi connectivity index (χ2v) is 5.41. The lowest BCUT2D eigenvalue weighted by atomic mass is 9.96. The van der Waals surface area contributed by atoms with Gasteiger partial charge in [-0.1, -0.05) is 12.8 Å². The fourth-order valence-electron chi connectivity index (χ4n) is 2.77. The summed E-state index contributed by atoms with van der Waals surface area (Å²) in [6.45, 7) is 0.857. The van der Waals surface area contributed by atoms with Crippen LogP contribution in [-0.4, -0.2) is 31.1 Å². The molecule has 2 rings (SSSR count). The minimum absolute atomic E-state index is 0.209. The predicted molar refractivity (Wildman–Crippen MR) is 74.2 cm³/mol. The molecule has 4 heteroatoms. The molecule has 3 nitrogen and oxygen atoms in total. The molecule has 0 bridgehead atoms. The summed E-state index contributed by atoms with van der Waals surface area (Å²) >= 11 is 0. The van der Waals surface area contributed by atoms with Gasteiger partial charge in [0.2, 0.25) is 0 Å². The molecule has 0 spiro atoms. The molecule has 0 radical (unpaired) electrons. The van der Waals surface area contributed by atoms with Gasteiger partial charge in [-0.15, -0.1) is 0 Å². The highest BCUT2D eigenvalue weighted by Gasteiger charge is 2.35. The van der Waals surface area contributed by atoms with Gasteiger partial charge in [0, 0.05) is 12.1 Å². The molecule has 1 fully saturated rings. The number of nitrogens with zero attached hydrogens (tertiary/aromatic N) is 1. The number of halogens is 1. The predicted octanol–water partition coefficient (Wildman–Crippen LogP) is 2.69. The van der Waals surface area contributed by atoms with Crippen LogP contribution < -0.4 is 11.1 Å². The van der Waals surface area contributed by atoms with E-state index in [0.29, 0.717) is 5.69 Å². The first-order valence-electron chi connectivity index (χ1n) is 6.50. The third kappa shape index (κ3) is 2.58. The molecule has 0 unspecified atom stereocenters. The Morgan fingerprint density at radius 3 is 2.56 bits per heavy atom. The van der Waals surface area contributed by atoms with E-state index in [9.17, 15) is 4.39 Å². The molecule has 1 aromatic carbocycles. The van der Waals surface area contributed by atoms with Gasteiger partial charge in [-0.05, 0) is 45.1 Å². The number of hydrogen-bond acceptors (Lipinski definition) is 3. The molecule has 0 saturated heterocycles. The monoisotopic (exact) mass is 251 g/mol. The van der Waals surface area contributed by atoms with E-state index in [2.05, 4.69) is 24.3 Å². The highest BCUT2D eigenvalue weighted by molar-refractivity contribution is 5.66. The van der Waals surface area contributed by atoms with Gasteiger partial charge in [0.05, 0.1) is 11.4 Å². The largest absolute Gasteiger partial charge is 0.397 e. The quantitative estimate of drug-likeness (QED) is 0.808. The van der Waals surface area contributed by atoms with Crippen LogP contribution in [0.25, 0.3) is 0 Å². The van der Waals surface area contributed by atoms with E-state index in [4.69, 9.17) is 5.73 Å². The molecule has 100 valence electrons. The lowest BCUT2D eigenvalue weighted by Crippen LogP contribution is -2.47. The fraction of sp³-hybridized carbons (Fsp3) is 0.571. The average Bonchev–Trinajstić information content (AvgIpc) is 2.78. The molecule has 1 aliphatic carbocycles. The van der Waals surface area contributed by atoms with E-state index in [0.717, 1.165) is 12.2 Å². The zero-order valence-electron chi connectivity index (χ0n) is 11.2. The van der Waals surface area contributed by atoms with E-state index in [1.807, 2.05) is 0 Å². The smallest absolute Gasteiger partial charge is 0.125 e. The number of anilines is 2. The van der Waals surface area contributed by atoms with Gasteiger partial charge in [0.15, 0.2) is 0 Å². The Kier molecular flexibility index (Phi) is 3.76. The molecule has 1 aromatic rings. The highest BCUT2D eigenvalue weighted by Crippen LogP contribution is 2.34. The molecule has 18 heavy (non-hydrogen) atoms. The first-order chi connectivity index (χ1) is 8.53. The summed E-state index contributed by atoms with van der Waals surface area (Å²) in [4.78, 5) is 2.30. The normalized spacial score (nSPS) is 18.2. The minimum atomic E-state index is -0.291. The van der Waals surface area contributed by atoms with Crippen molar-refractivity contribution >= 4 is 11.4 Å². The van der Waals surface area contributed by atoms with Crippen molar-refractivity contribution in [3.8, 4) is 0 Å². The topological polar surface area (TPSA) is 41.3 Å². The second kappa shape index (κ2) is 5.14. The van der Waals surface area contributed by atoms with E-state index in [1.54, 1.807) is 6.07 Å². The summed E-state index contributed by atoms with van der Waals surface area (Å²) in [5.41, 5.74) is 7.32. The van der Waals surface area contributed by atoms with Crippen LogP contribution in [0.3, 0.4) is 0 Å². The summed E-state index contributed by atoms with van der Waals surface area (Å²) in [6, 6.07) is 4.51. The third-order valence-corrected chi connectivity index (χ3v) is 4.10. The average molecular weight is 251 g/mol. The van der Waals surface area contributed by atoms with Crippen molar-refractivity contribution < 1.29 is 4.39 Å². The highest BCUT2D eigenvalue weighted by atomic mass is 19.1. The fourth-order valence-corrected chi connectivity index (χ4v) is 2.77. The summed E-state index contributed by atoms with van der Waals surface area (Å²) in [7, 11) is 4.25. The molecule has 0 heterocycles. The minimum Gasteiger partial charge on any atom is -0.397 e. The van der Waals surface area contributed by atoms with Crippen molar-refractivity contribution in [2.45, 2.75) is 31.2 Å². The summed E-state index contributed by atoms with van der Waals surface area (Å²) in [5.74, 6) is -0.291. The Bertz CT molecular complexity index is 412. The van der Waals surface area contributed by atoms with Gasteiger partial charge < -0.3 is 16.0 Å². The van der Waals surface area contributed by atoms with Gasteiger partial charge in [-0.2, -0.15) is 0 Å². The number of nitrogens with one attached hydrogen (secondary N) is 1. The van der Waals surface area contributed by atoms with Crippen molar-refractivity contribution in [2.24, 2.45) is 0 Å².